The smallest absolute Gasteiger partial charge is 0.303 e. The second-order valence-electron chi connectivity index (χ2n) is 5.94. The van der Waals surface area contributed by atoms with Crippen molar-refractivity contribution in [3.8, 4) is 0 Å². The maximum Gasteiger partial charge on any atom is 0.303 e. The number of aliphatic hydroxyl groups excluding tert-OH is 1. The molecule has 1 rings (SSSR count). The molecule has 4 heteroatoms. The third kappa shape index (κ3) is 9.53. The minimum Gasteiger partial charge on any atom is -0.481 e. The van der Waals surface area contributed by atoms with E-state index in [1.54, 1.807) is 0 Å². The van der Waals surface area contributed by atoms with Crippen LogP contribution in [0.2, 0.25) is 0 Å². The SMILES string of the molecule is CC(C)(C)CCCC(=O)O.NCc1ccccc1CO. The minimum absolute atomic E-state index is 0.0768. The van der Waals surface area contributed by atoms with Crippen LogP contribution in [-0.2, 0) is 17.9 Å². The van der Waals surface area contributed by atoms with Crippen LogP contribution in [0.15, 0.2) is 24.3 Å². The van der Waals surface area contributed by atoms with Gasteiger partial charge in [0, 0.05) is 13.0 Å². The zero-order chi connectivity index (χ0) is 15.6. The van der Waals surface area contributed by atoms with Gasteiger partial charge in [0.15, 0.2) is 0 Å². The van der Waals surface area contributed by atoms with Gasteiger partial charge < -0.3 is 15.9 Å². The van der Waals surface area contributed by atoms with Crippen molar-refractivity contribution in [2.45, 2.75) is 53.2 Å². The summed E-state index contributed by atoms with van der Waals surface area (Å²) < 4.78 is 0. The normalized spacial score (nSPS) is 10.7. The van der Waals surface area contributed by atoms with Crippen molar-refractivity contribution >= 4 is 5.97 Å². The van der Waals surface area contributed by atoms with E-state index in [0.717, 1.165) is 24.0 Å². The molecule has 0 aromatic heterocycles. The molecule has 0 aliphatic heterocycles. The average molecular weight is 281 g/mol. The van der Waals surface area contributed by atoms with Gasteiger partial charge in [0.05, 0.1) is 6.61 Å². The Hall–Kier alpha value is -1.39. The van der Waals surface area contributed by atoms with Gasteiger partial charge in [0.1, 0.15) is 0 Å². The van der Waals surface area contributed by atoms with E-state index in [1.165, 1.54) is 0 Å². The van der Waals surface area contributed by atoms with E-state index in [4.69, 9.17) is 15.9 Å². The van der Waals surface area contributed by atoms with Gasteiger partial charge in [-0.25, -0.2) is 0 Å². The number of carboxylic acid groups (broad SMARTS) is 1. The second-order valence-corrected chi connectivity index (χ2v) is 5.94. The zero-order valence-corrected chi connectivity index (χ0v) is 12.7. The molecule has 0 spiro atoms. The molecule has 0 fully saturated rings. The molecule has 0 amide bonds. The Morgan fingerprint density at radius 2 is 1.75 bits per heavy atom. The van der Waals surface area contributed by atoms with Gasteiger partial charge in [0.2, 0.25) is 0 Å². The molecule has 0 saturated carbocycles. The van der Waals surface area contributed by atoms with Gasteiger partial charge in [-0.2, -0.15) is 0 Å². The van der Waals surface area contributed by atoms with Crippen LogP contribution < -0.4 is 5.73 Å². The van der Waals surface area contributed by atoms with Gasteiger partial charge >= 0.3 is 5.97 Å². The van der Waals surface area contributed by atoms with E-state index in [9.17, 15) is 4.79 Å². The molecule has 20 heavy (non-hydrogen) atoms. The highest BCUT2D eigenvalue weighted by molar-refractivity contribution is 5.66. The maximum atomic E-state index is 10.1. The topological polar surface area (TPSA) is 83.5 Å². The van der Waals surface area contributed by atoms with E-state index in [-0.39, 0.29) is 12.0 Å². The molecule has 4 N–H and O–H groups in total. The Morgan fingerprint density at radius 1 is 1.20 bits per heavy atom. The van der Waals surface area contributed by atoms with Crippen LogP contribution in [0.1, 0.15) is 51.2 Å². The summed E-state index contributed by atoms with van der Waals surface area (Å²) in [6, 6.07) is 7.61. The summed E-state index contributed by atoms with van der Waals surface area (Å²) in [7, 11) is 0. The summed E-state index contributed by atoms with van der Waals surface area (Å²) >= 11 is 0. The summed E-state index contributed by atoms with van der Waals surface area (Å²) in [5.41, 5.74) is 7.63. The summed E-state index contributed by atoms with van der Waals surface area (Å²) in [6.45, 7) is 6.93. The van der Waals surface area contributed by atoms with E-state index >= 15 is 0 Å². The van der Waals surface area contributed by atoms with Gasteiger partial charge in [-0.1, -0.05) is 45.0 Å². The molecule has 1 aromatic rings. The Kier molecular flexibility index (Phi) is 8.84. The van der Waals surface area contributed by atoms with Gasteiger partial charge in [0.25, 0.3) is 0 Å². The first-order chi connectivity index (χ1) is 9.30. The molecule has 0 aliphatic carbocycles. The Bertz CT molecular complexity index is 374. The molecule has 1 aromatic carbocycles. The largest absolute Gasteiger partial charge is 0.481 e. The Morgan fingerprint density at radius 3 is 2.10 bits per heavy atom. The first kappa shape index (κ1) is 18.6. The molecule has 114 valence electrons. The molecule has 0 aliphatic rings. The van der Waals surface area contributed by atoms with Crippen LogP contribution in [0.4, 0.5) is 0 Å². The zero-order valence-electron chi connectivity index (χ0n) is 12.7. The predicted molar refractivity (Wildman–Crippen MR) is 81.2 cm³/mol. The van der Waals surface area contributed by atoms with Crippen molar-refractivity contribution < 1.29 is 15.0 Å². The molecule has 0 bridgehead atoms. The minimum atomic E-state index is -0.691. The number of carbonyl (C=O) groups is 1. The van der Waals surface area contributed by atoms with Crippen LogP contribution in [0.3, 0.4) is 0 Å². The fourth-order valence-electron chi connectivity index (χ4n) is 1.68. The first-order valence-electron chi connectivity index (χ1n) is 6.89. The lowest BCUT2D eigenvalue weighted by molar-refractivity contribution is -0.137. The van der Waals surface area contributed by atoms with Crippen LogP contribution in [0.25, 0.3) is 0 Å². The van der Waals surface area contributed by atoms with E-state index in [2.05, 4.69) is 20.8 Å². The summed E-state index contributed by atoms with van der Waals surface area (Å²) in [5.74, 6) is -0.691. The maximum absolute atomic E-state index is 10.1. The lowest BCUT2D eigenvalue weighted by Gasteiger charge is -2.16. The number of aliphatic carboxylic acids is 1. The number of hydrogen-bond donors (Lipinski definition) is 3. The number of nitrogens with two attached hydrogens (primary N) is 1. The average Bonchev–Trinajstić information content (AvgIpc) is 2.37. The van der Waals surface area contributed by atoms with Crippen molar-refractivity contribution in [1.82, 2.24) is 0 Å². The highest BCUT2D eigenvalue weighted by Gasteiger charge is 2.09. The number of hydrogen-bond acceptors (Lipinski definition) is 3. The van der Waals surface area contributed by atoms with Crippen LogP contribution >= 0.6 is 0 Å². The van der Waals surface area contributed by atoms with Gasteiger partial charge in [-0.15, -0.1) is 0 Å². The highest BCUT2D eigenvalue weighted by Crippen LogP contribution is 2.21. The Labute approximate surface area is 121 Å². The van der Waals surface area contributed by atoms with Crippen molar-refractivity contribution in [3.63, 3.8) is 0 Å². The van der Waals surface area contributed by atoms with Crippen molar-refractivity contribution in [2.75, 3.05) is 0 Å². The molecule has 0 heterocycles. The highest BCUT2D eigenvalue weighted by atomic mass is 16.4. The monoisotopic (exact) mass is 281 g/mol. The molecule has 0 atom stereocenters. The van der Waals surface area contributed by atoms with E-state index in [1.807, 2.05) is 24.3 Å². The quantitative estimate of drug-likeness (QED) is 0.775. The van der Waals surface area contributed by atoms with Crippen molar-refractivity contribution in [1.29, 1.82) is 0 Å². The number of rotatable bonds is 5. The first-order valence-corrected chi connectivity index (χ1v) is 6.89. The molecule has 0 radical (unpaired) electrons. The third-order valence-corrected chi connectivity index (χ3v) is 2.83. The molecular weight excluding hydrogens is 254 g/mol. The Balaban J connectivity index is 0.000000361. The lowest BCUT2D eigenvalue weighted by Crippen LogP contribution is -2.05. The summed E-state index contributed by atoms with van der Waals surface area (Å²) in [4.78, 5) is 10.1. The van der Waals surface area contributed by atoms with Crippen LogP contribution in [0.5, 0.6) is 0 Å². The summed E-state index contributed by atoms with van der Waals surface area (Å²) in [5, 5.41) is 17.1. The van der Waals surface area contributed by atoms with E-state index < -0.39 is 5.97 Å². The molecule has 0 saturated heterocycles. The fourth-order valence-corrected chi connectivity index (χ4v) is 1.68. The number of carboxylic acids is 1. The van der Waals surface area contributed by atoms with Gasteiger partial charge in [-0.3, -0.25) is 4.79 Å². The predicted octanol–water partition coefficient (Wildman–Crippen LogP) is 2.93. The third-order valence-electron chi connectivity index (χ3n) is 2.83. The second kappa shape index (κ2) is 9.50. The van der Waals surface area contributed by atoms with E-state index in [0.29, 0.717) is 13.0 Å². The standard InChI is InChI=1S/C8H11NO.C8H16O2/c9-5-7-3-1-2-4-8(7)6-10;1-8(2,3)6-4-5-7(9)10/h1-4,10H,5-6,9H2;4-6H2,1-3H3,(H,9,10). The molecule has 0 unspecified atom stereocenters. The van der Waals surface area contributed by atoms with Crippen molar-refractivity contribution in [2.24, 2.45) is 11.1 Å². The fraction of sp³-hybridized carbons (Fsp3) is 0.562. The lowest BCUT2D eigenvalue weighted by atomic mass is 9.90. The van der Waals surface area contributed by atoms with Crippen LogP contribution in [-0.4, -0.2) is 16.2 Å². The van der Waals surface area contributed by atoms with Crippen LogP contribution in [0, 0.1) is 5.41 Å². The number of benzene rings is 1. The van der Waals surface area contributed by atoms with Crippen molar-refractivity contribution in [3.05, 3.63) is 35.4 Å². The molecule has 4 nitrogen and oxygen atoms in total. The number of aliphatic hydroxyl groups is 1. The summed E-state index contributed by atoms with van der Waals surface area (Å²) in [6.07, 6.45) is 2.08. The van der Waals surface area contributed by atoms with Gasteiger partial charge in [-0.05, 0) is 29.4 Å². The molecular formula is C16H27NO3.